The minimum atomic E-state index is -0.471. The van der Waals surface area contributed by atoms with Crippen molar-refractivity contribution in [3.63, 3.8) is 0 Å². The highest BCUT2D eigenvalue weighted by atomic mass is 35.5. The standard InChI is InChI=1S/C14H21ClN2O/c1-4-14(2,10-16)13(18)17(3)9-11-5-7-12(15)8-6-11/h5-8H,4,9-10,16H2,1-3H3. The number of rotatable bonds is 5. The first-order chi connectivity index (χ1) is 8.42. The molecule has 4 heteroatoms. The molecule has 0 radical (unpaired) electrons. The van der Waals surface area contributed by atoms with E-state index in [9.17, 15) is 4.79 Å². The van der Waals surface area contributed by atoms with E-state index < -0.39 is 5.41 Å². The highest BCUT2D eigenvalue weighted by Crippen LogP contribution is 2.23. The van der Waals surface area contributed by atoms with E-state index in [1.807, 2.05) is 38.1 Å². The van der Waals surface area contributed by atoms with Crippen molar-refractivity contribution < 1.29 is 4.79 Å². The summed E-state index contributed by atoms with van der Waals surface area (Å²) in [5.41, 5.74) is 6.29. The largest absolute Gasteiger partial charge is 0.341 e. The van der Waals surface area contributed by atoms with Gasteiger partial charge in [-0.2, -0.15) is 0 Å². The van der Waals surface area contributed by atoms with E-state index in [0.717, 1.165) is 12.0 Å². The Balaban J connectivity index is 2.73. The fourth-order valence-corrected chi connectivity index (χ4v) is 1.91. The lowest BCUT2D eigenvalue weighted by Gasteiger charge is -2.30. The Morgan fingerprint density at radius 1 is 1.39 bits per heavy atom. The van der Waals surface area contributed by atoms with Crippen molar-refractivity contribution in [3.8, 4) is 0 Å². The molecule has 3 nitrogen and oxygen atoms in total. The predicted molar refractivity (Wildman–Crippen MR) is 75.4 cm³/mol. The number of nitrogens with two attached hydrogens (primary N) is 1. The minimum absolute atomic E-state index is 0.0856. The molecule has 1 atom stereocenters. The number of hydrogen-bond acceptors (Lipinski definition) is 2. The molecule has 1 aromatic carbocycles. The molecule has 0 aromatic heterocycles. The summed E-state index contributed by atoms with van der Waals surface area (Å²) in [6, 6.07) is 7.52. The molecular formula is C14H21ClN2O. The smallest absolute Gasteiger partial charge is 0.229 e. The Morgan fingerprint density at radius 2 is 1.94 bits per heavy atom. The van der Waals surface area contributed by atoms with E-state index in [2.05, 4.69) is 0 Å². The topological polar surface area (TPSA) is 46.3 Å². The van der Waals surface area contributed by atoms with Gasteiger partial charge in [-0.05, 0) is 31.0 Å². The van der Waals surface area contributed by atoms with Gasteiger partial charge in [0, 0.05) is 25.2 Å². The maximum atomic E-state index is 12.3. The van der Waals surface area contributed by atoms with Crippen LogP contribution in [0.1, 0.15) is 25.8 Å². The number of hydrogen-bond donors (Lipinski definition) is 1. The zero-order valence-electron chi connectivity index (χ0n) is 11.2. The fraction of sp³-hybridized carbons (Fsp3) is 0.500. The molecule has 1 aromatic rings. The van der Waals surface area contributed by atoms with E-state index in [1.54, 1.807) is 11.9 Å². The van der Waals surface area contributed by atoms with Crippen LogP contribution in [0.3, 0.4) is 0 Å². The van der Waals surface area contributed by atoms with E-state index in [-0.39, 0.29) is 5.91 Å². The van der Waals surface area contributed by atoms with Gasteiger partial charge < -0.3 is 10.6 Å². The van der Waals surface area contributed by atoms with Crippen LogP contribution in [-0.2, 0) is 11.3 Å². The van der Waals surface area contributed by atoms with Crippen molar-refractivity contribution in [1.82, 2.24) is 4.90 Å². The molecule has 0 aliphatic heterocycles. The summed E-state index contributed by atoms with van der Waals surface area (Å²) < 4.78 is 0. The molecule has 1 rings (SSSR count). The first kappa shape index (κ1) is 15.0. The van der Waals surface area contributed by atoms with E-state index >= 15 is 0 Å². The second kappa shape index (κ2) is 6.21. The van der Waals surface area contributed by atoms with Gasteiger partial charge in [-0.25, -0.2) is 0 Å². The summed E-state index contributed by atoms with van der Waals surface area (Å²) in [5, 5.41) is 0.702. The molecule has 0 saturated carbocycles. The second-order valence-corrected chi connectivity index (χ2v) is 5.34. The molecule has 1 unspecified atom stereocenters. The normalized spacial score (nSPS) is 14.1. The van der Waals surface area contributed by atoms with Crippen LogP contribution in [0.25, 0.3) is 0 Å². The summed E-state index contributed by atoms with van der Waals surface area (Å²) in [7, 11) is 1.81. The number of nitrogens with zero attached hydrogens (tertiary/aromatic N) is 1. The Labute approximate surface area is 114 Å². The third-order valence-corrected chi connectivity index (χ3v) is 3.68. The lowest BCUT2D eigenvalue weighted by atomic mass is 9.86. The van der Waals surface area contributed by atoms with Crippen LogP contribution in [0.15, 0.2) is 24.3 Å². The molecule has 0 bridgehead atoms. The second-order valence-electron chi connectivity index (χ2n) is 4.91. The summed E-state index contributed by atoms with van der Waals surface area (Å²) in [6.45, 7) is 4.84. The summed E-state index contributed by atoms with van der Waals surface area (Å²) >= 11 is 5.83. The van der Waals surface area contributed by atoms with Crippen LogP contribution in [0.2, 0.25) is 5.02 Å². The molecule has 18 heavy (non-hydrogen) atoms. The molecular weight excluding hydrogens is 248 g/mol. The van der Waals surface area contributed by atoms with Crippen LogP contribution < -0.4 is 5.73 Å². The van der Waals surface area contributed by atoms with Gasteiger partial charge >= 0.3 is 0 Å². The number of carbonyl (C=O) groups is 1. The fourth-order valence-electron chi connectivity index (χ4n) is 1.78. The molecule has 1 amide bonds. The molecule has 0 fully saturated rings. The zero-order valence-corrected chi connectivity index (χ0v) is 12.0. The number of halogens is 1. The first-order valence-electron chi connectivity index (χ1n) is 6.13. The number of benzene rings is 1. The monoisotopic (exact) mass is 268 g/mol. The van der Waals surface area contributed by atoms with Crippen LogP contribution in [0.5, 0.6) is 0 Å². The maximum Gasteiger partial charge on any atom is 0.229 e. The van der Waals surface area contributed by atoms with Crippen molar-refractivity contribution in [2.24, 2.45) is 11.1 Å². The highest BCUT2D eigenvalue weighted by molar-refractivity contribution is 6.30. The maximum absolute atomic E-state index is 12.3. The SMILES string of the molecule is CCC(C)(CN)C(=O)N(C)Cc1ccc(Cl)cc1. The summed E-state index contributed by atoms with van der Waals surface area (Å²) in [6.07, 6.45) is 0.743. The highest BCUT2D eigenvalue weighted by Gasteiger charge is 2.32. The third kappa shape index (κ3) is 3.47. The van der Waals surface area contributed by atoms with Gasteiger partial charge in [0.1, 0.15) is 0 Å². The first-order valence-corrected chi connectivity index (χ1v) is 6.51. The van der Waals surface area contributed by atoms with Crippen molar-refractivity contribution >= 4 is 17.5 Å². The van der Waals surface area contributed by atoms with E-state index in [1.165, 1.54) is 0 Å². The Hall–Kier alpha value is -1.06. The minimum Gasteiger partial charge on any atom is -0.341 e. The molecule has 2 N–H and O–H groups in total. The van der Waals surface area contributed by atoms with Crippen LogP contribution in [-0.4, -0.2) is 24.4 Å². The van der Waals surface area contributed by atoms with Crippen molar-refractivity contribution in [2.75, 3.05) is 13.6 Å². The van der Waals surface area contributed by atoms with Crippen LogP contribution >= 0.6 is 11.6 Å². The average Bonchev–Trinajstić information content (AvgIpc) is 2.39. The molecule has 100 valence electrons. The Morgan fingerprint density at radius 3 is 2.39 bits per heavy atom. The van der Waals surface area contributed by atoms with Gasteiger partial charge in [0.15, 0.2) is 0 Å². The zero-order chi connectivity index (χ0) is 13.8. The van der Waals surface area contributed by atoms with Crippen molar-refractivity contribution in [1.29, 1.82) is 0 Å². The predicted octanol–water partition coefficient (Wildman–Crippen LogP) is 2.67. The van der Waals surface area contributed by atoms with Gasteiger partial charge in [-0.3, -0.25) is 4.79 Å². The summed E-state index contributed by atoms with van der Waals surface area (Å²) in [5.74, 6) is 0.0856. The van der Waals surface area contributed by atoms with Crippen molar-refractivity contribution in [2.45, 2.75) is 26.8 Å². The van der Waals surface area contributed by atoms with Gasteiger partial charge in [0.2, 0.25) is 5.91 Å². The quantitative estimate of drug-likeness (QED) is 0.892. The Bertz CT molecular complexity index is 399. The average molecular weight is 269 g/mol. The number of carbonyl (C=O) groups excluding carboxylic acids is 1. The number of amides is 1. The van der Waals surface area contributed by atoms with E-state index in [4.69, 9.17) is 17.3 Å². The lowest BCUT2D eigenvalue weighted by Crippen LogP contribution is -2.44. The molecule has 0 aliphatic carbocycles. The molecule has 0 saturated heterocycles. The van der Waals surface area contributed by atoms with Crippen LogP contribution in [0, 0.1) is 5.41 Å². The molecule has 0 spiro atoms. The lowest BCUT2D eigenvalue weighted by molar-refractivity contribution is -0.140. The van der Waals surface area contributed by atoms with Crippen molar-refractivity contribution in [3.05, 3.63) is 34.9 Å². The summed E-state index contributed by atoms with van der Waals surface area (Å²) in [4.78, 5) is 14.0. The van der Waals surface area contributed by atoms with Crippen LogP contribution in [0.4, 0.5) is 0 Å². The van der Waals surface area contributed by atoms with Gasteiger partial charge in [-0.1, -0.05) is 30.7 Å². The third-order valence-electron chi connectivity index (χ3n) is 3.43. The van der Waals surface area contributed by atoms with E-state index in [0.29, 0.717) is 18.1 Å². The Kier molecular flexibility index (Phi) is 5.17. The molecule has 0 heterocycles. The van der Waals surface area contributed by atoms with Gasteiger partial charge in [0.25, 0.3) is 0 Å². The van der Waals surface area contributed by atoms with Gasteiger partial charge in [-0.15, -0.1) is 0 Å². The molecule has 0 aliphatic rings. The van der Waals surface area contributed by atoms with Gasteiger partial charge in [0.05, 0.1) is 5.41 Å².